The van der Waals surface area contributed by atoms with Crippen LogP contribution in [0.2, 0.25) is 0 Å². The summed E-state index contributed by atoms with van der Waals surface area (Å²) in [6.45, 7) is 0. The summed E-state index contributed by atoms with van der Waals surface area (Å²) >= 11 is 1.47. The predicted molar refractivity (Wildman–Crippen MR) is 48.0 cm³/mol. The van der Waals surface area contributed by atoms with Crippen LogP contribution in [0, 0.1) is 0 Å². The van der Waals surface area contributed by atoms with Gasteiger partial charge in [-0.05, 0) is 9.50 Å². The van der Waals surface area contributed by atoms with Crippen LogP contribution in [0.25, 0.3) is 0 Å². The molecule has 2 aliphatic rings. The Morgan fingerprint density at radius 1 is 1.54 bits per heavy atom. The van der Waals surface area contributed by atoms with Gasteiger partial charge in [0, 0.05) is 5.25 Å². The number of thioether (sulfide) groups is 1. The quantitative estimate of drug-likeness (QED) is 0.333. The molecule has 66 valence electrons. The Kier molecular flexibility index (Phi) is 6.31. The molecule has 0 aromatic heterocycles. The summed E-state index contributed by atoms with van der Waals surface area (Å²) in [4.78, 5) is 14.8. The molecule has 1 N–H and O–H groups in total. The molecule has 2 rings (SSSR count). The van der Waals surface area contributed by atoms with Crippen molar-refractivity contribution in [2.24, 2.45) is 0 Å². The van der Waals surface area contributed by atoms with E-state index in [2.05, 4.69) is 0 Å². The monoisotopic (exact) mass is 245 g/mol. The molecule has 3 atom stereocenters. The minimum absolute atomic E-state index is 0. The third kappa shape index (κ3) is 4.90. The van der Waals surface area contributed by atoms with Crippen molar-refractivity contribution in [1.82, 2.24) is 0 Å². The predicted octanol–water partition coefficient (Wildman–Crippen LogP) is -1.10. The summed E-state index contributed by atoms with van der Waals surface area (Å²) < 4.78 is 8.59. The zero-order valence-corrected chi connectivity index (χ0v) is 10.5. The van der Waals surface area contributed by atoms with Crippen LogP contribution in [0.3, 0.4) is 0 Å². The Morgan fingerprint density at radius 3 is 2.38 bits per heavy atom. The van der Waals surface area contributed by atoms with Crippen molar-refractivity contribution in [2.75, 3.05) is 0 Å². The van der Waals surface area contributed by atoms with Gasteiger partial charge in [-0.2, -0.15) is 16.7 Å². The first-order valence-corrected chi connectivity index (χ1v) is 5.13. The van der Waals surface area contributed by atoms with Crippen molar-refractivity contribution in [3.05, 3.63) is 24.3 Å². The van der Waals surface area contributed by atoms with Gasteiger partial charge < -0.3 is 10.00 Å². The molecule has 1 fully saturated rings. The molecule has 0 radical (unpaired) electrons. The molecule has 0 saturated carbocycles. The van der Waals surface area contributed by atoms with Crippen LogP contribution in [0.1, 0.15) is 0 Å². The van der Waals surface area contributed by atoms with Crippen LogP contribution in [0.4, 0.5) is 0 Å². The topological polar surface area (TPSA) is 83.4 Å². The van der Waals surface area contributed by atoms with Crippen molar-refractivity contribution in [3.8, 4) is 0 Å². The van der Waals surface area contributed by atoms with E-state index < -0.39 is 13.2 Å². The molecule has 0 aromatic carbocycles. The Hall–Kier alpha value is 1.07. The molecule has 1 aliphatic heterocycles. The minimum atomic E-state index is -3.12. The van der Waals surface area contributed by atoms with Crippen molar-refractivity contribution in [3.63, 3.8) is 0 Å². The molecular formula is C6H6CaO4PS+. The smallest absolute Gasteiger partial charge is 0.837 e. The molecule has 1 heterocycles. The summed E-state index contributed by atoms with van der Waals surface area (Å²) in [6, 6.07) is 0. The van der Waals surface area contributed by atoms with Crippen molar-refractivity contribution < 1.29 is 19.5 Å². The number of allylic oxidation sites excluding steroid dienone is 2. The van der Waals surface area contributed by atoms with Gasteiger partial charge in [0.25, 0.3) is 0 Å². The fraction of sp³-hybridized carbons (Fsp3) is 0.333. The second-order valence-corrected chi connectivity index (χ2v) is 4.10. The fourth-order valence-electron chi connectivity index (χ4n) is 0.827. The van der Waals surface area contributed by atoms with Gasteiger partial charge >= 0.3 is 46.0 Å². The third-order valence-electron chi connectivity index (χ3n) is 1.38. The third-order valence-corrected chi connectivity index (χ3v) is 2.64. The second-order valence-electron chi connectivity index (χ2n) is 2.24. The minimum Gasteiger partial charge on any atom is -0.837 e. The molecule has 0 spiro atoms. The van der Waals surface area contributed by atoms with Gasteiger partial charge in [0.15, 0.2) is 0 Å². The molecule has 13 heavy (non-hydrogen) atoms. The Labute approximate surface area is 111 Å². The first-order valence-electron chi connectivity index (χ1n) is 3.12. The van der Waals surface area contributed by atoms with Gasteiger partial charge in [-0.1, -0.05) is 24.3 Å². The van der Waals surface area contributed by atoms with Crippen LogP contribution < -0.4 is 10.00 Å². The maximum absolute atomic E-state index is 11.0. The number of hydrogen-bond donors (Lipinski definition) is 1. The average molecular weight is 245 g/mol. The van der Waals surface area contributed by atoms with Gasteiger partial charge in [-0.3, -0.25) is 0 Å². The maximum Gasteiger partial charge on any atom is 2.00 e. The van der Waals surface area contributed by atoms with Gasteiger partial charge in [0.2, 0.25) is 0 Å². The van der Waals surface area contributed by atoms with E-state index in [-0.39, 0.29) is 43.0 Å². The van der Waals surface area contributed by atoms with Gasteiger partial charge in [-0.15, -0.1) is 0 Å². The second kappa shape index (κ2) is 5.83. The molecule has 4 nitrogen and oxygen atoms in total. The summed E-state index contributed by atoms with van der Waals surface area (Å²) in [7, 11) is -3.12. The Morgan fingerprint density at radius 2 is 2.08 bits per heavy atom. The molecule has 0 bridgehead atoms. The van der Waals surface area contributed by atoms with Crippen LogP contribution in [-0.4, -0.2) is 52.8 Å². The number of hydrogen-bond acceptors (Lipinski definition) is 4. The van der Waals surface area contributed by atoms with E-state index in [9.17, 15) is 5.11 Å². The van der Waals surface area contributed by atoms with E-state index in [0.29, 0.717) is 0 Å². The van der Waals surface area contributed by atoms with Gasteiger partial charge in [0.1, 0.15) is 0 Å². The molecular weight excluding hydrogens is 239 g/mol. The van der Waals surface area contributed by atoms with Crippen molar-refractivity contribution in [2.45, 2.75) is 10.2 Å². The largest absolute Gasteiger partial charge is 2.00 e. The van der Waals surface area contributed by atoms with E-state index in [1.807, 2.05) is 18.2 Å². The van der Waals surface area contributed by atoms with Crippen LogP contribution >= 0.6 is 20.0 Å². The summed E-state index contributed by atoms with van der Waals surface area (Å²) in [5.41, 5.74) is 0. The van der Waals surface area contributed by atoms with Crippen LogP contribution in [0.5, 0.6) is 0 Å². The van der Waals surface area contributed by atoms with E-state index in [4.69, 9.17) is 14.4 Å². The van der Waals surface area contributed by atoms with Gasteiger partial charge in [-0.25, -0.2) is 0 Å². The Bertz CT molecular complexity index is 253. The molecule has 7 heteroatoms. The molecule has 1 aliphatic carbocycles. The van der Waals surface area contributed by atoms with E-state index in [0.717, 1.165) is 0 Å². The summed E-state index contributed by atoms with van der Waals surface area (Å²) in [6.07, 6.45) is 7.43. The Balaban J connectivity index is 0.000000256. The molecule has 1 saturated heterocycles. The fourth-order valence-corrected chi connectivity index (χ4v) is 1.64. The molecule has 3 unspecified atom stereocenters. The van der Waals surface area contributed by atoms with Crippen LogP contribution in [0.15, 0.2) is 24.3 Å². The van der Waals surface area contributed by atoms with Gasteiger partial charge in [0.05, 0.1) is 0 Å². The molecule has 0 amide bonds. The number of rotatable bonds is 0. The van der Waals surface area contributed by atoms with E-state index >= 15 is 0 Å². The zero-order chi connectivity index (χ0) is 9.19. The van der Waals surface area contributed by atoms with Crippen LogP contribution in [-0.2, 0) is 4.57 Å². The van der Waals surface area contributed by atoms with Crippen molar-refractivity contribution in [1.29, 1.82) is 0 Å². The maximum atomic E-state index is 11.0. The zero-order valence-electron chi connectivity index (χ0n) is 6.62. The normalized spacial score (nSPS) is 33.5. The van der Waals surface area contributed by atoms with E-state index in [1.54, 1.807) is 6.08 Å². The summed E-state index contributed by atoms with van der Waals surface area (Å²) in [5.74, 6) is 0. The first-order chi connectivity index (χ1) is 5.54. The summed E-state index contributed by atoms with van der Waals surface area (Å²) in [5, 5.41) is 11.3. The first kappa shape index (κ1) is 14.1. The molecule has 0 aromatic rings. The van der Waals surface area contributed by atoms with Crippen molar-refractivity contribution >= 4 is 57.8 Å². The number of fused-ring (bicyclic) bond motifs is 1. The SMILES string of the molecule is O=[P+]([O-])O.[Ca+2].[O-]C12C=CC=CC1S2. The van der Waals surface area contributed by atoms with E-state index in [1.165, 1.54) is 11.8 Å². The standard InChI is InChI=1S/C6H5OS.Ca.HO3P/c7-6-4-2-1-3-5(6)8-6;;1-4(2)3/h1-5H;;(H,1,2,3)/q-1;+2;. The average Bonchev–Trinajstić information content (AvgIpc) is 2.58.